The first kappa shape index (κ1) is 52.6. The lowest BCUT2D eigenvalue weighted by Crippen LogP contribution is -2.03. The Hall–Kier alpha value is -6.46. The first-order chi connectivity index (χ1) is 28.6. The van der Waals surface area contributed by atoms with Gasteiger partial charge in [-0.05, 0) is 48.8 Å². The molecule has 0 aliphatic carbocycles. The van der Waals surface area contributed by atoms with Crippen molar-refractivity contribution in [2.24, 2.45) is 0 Å². The van der Waals surface area contributed by atoms with E-state index in [0.717, 1.165) is 40.5 Å². The number of aromatic nitrogens is 12. The molecule has 0 saturated heterocycles. The Labute approximate surface area is 359 Å². The molecular weight excluding hydrogens is 779 g/mol. The molecule has 6 heterocycles. The number of nitrogens with zero attached hydrogens (tertiary/aromatic N) is 12. The second kappa shape index (κ2) is 27.3. The van der Waals surface area contributed by atoms with Gasteiger partial charge in [-0.15, -0.1) is 0 Å². The van der Waals surface area contributed by atoms with E-state index in [4.69, 9.17) is 22.9 Å². The largest absolute Gasteiger partial charge is 0.384 e. The van der Waals surface area contributed by atoms with Crippen molar-refractivity contribution in [3.05, 3.63) is 120 Å². The van der Waals surface area contributed by atoms with Crippen molar-refractivity contribution in [1.82, 2.24) is 59.8 Å². The van der Waals surface area contributed by atoms with Gasteiger partial charge in [0.15, 0.2) is 0 Å². The van der Waals surface area contributed by atoms with Gasteiger partial charge in [0.05, 0.1) is 23.3 Å². The third kappa shape index (κ3) is 22.5. The van der Waals surface area contributed by atoms with Crippen LogP contribution in [-0.2, 0) is 0 Å². The summed E-state index contributed by atoms with van der Waals surface area (Å²) in [6, 6.07) is 8.48. The van der Waals surface area contributed by atoms with Crippen LogP contribution in [0.25, 0.3) is 0 Å². The summed E-state index contributed by atoms with van der Waals surface area (Å²) < 4.78 is 24.7. The molecule has 6 aromatic heterocycles. The minimum absolute atomic E-state index is 0.0157. The van der Waals surface area contributed by atoms with E-state index in [1.807, 2.05) is 39.0 Å². The van der Waals surface area contributed by atoms with Crippen molar-refractivity contribution >= 4 is 23.5 Å². The third-order valence-electron chi connectivity index (χ3n) is 7.64. The van der Waals surface area contributed by atoms with Crippen molar-refractivity contribution < 1.29 is 8.78 Å². The molecule has 16 nitrogen and oxygen atoms in total. The minimum atomic E-state index is -1.01. The molecule has 6 aromatic rings. The molecule has 0 unspecified atom stereocenters. The maximum absolute atomic E-state index is 12.4. The third-order valence-corrected chi connectivity index (χ3v) is 7.64. The lowest BCUT2D eigenvalue weighted by Gasteiger charge is -2.04. The first-order valence-corrected chi connectivity index (χ1v) is 19.9. The Morgan fingerprint density at radius 2 is 0.967 bits per heavy atom. The quantitative estimate of drug-likeness (QED) is 0.0904. The molecular formula is C43H64F2N16. The van der Waals surface area contributed by atoms with Gasteiger partial charge in [0.1, 0.15) is 23.3 Å². The highest BCUT2D eigenvalue weighted by Gasteiger charge is 2.07. The number of anilines is 4. The summed E-state index contributed by atoms with van der Waals surface area (Å²) in [5.74, 6) is 4.59. The monoisotopic (exact) mass is 843 g/mol. The van der Waals surface area contributed by atoms with Crippen LogP contribution in [0.3, 0.4) is 0 Å². The minimum Gasteiger partial charge on any atom is -0.384 e. The molecule has 330 valence electrons. The fourth-order valence-corrected chi connectivity index (χ4v) is 4.24. The zero-order chi connectivity index (χ0) is 46.2. The molecule has 0 amide bonds. The molecule has 0 fully saturated rings. The number of halogens is 2. The summed E-state index contributed by atoms with van der Waals surface area (Å²) in [5.41, 5.74) is 25.9. The zero-order valence-electron chi connectivity index (χ0n) is 37.7. The number of hydrogen-bond acceptors (Lipinski definition) is 16. The molecule has 18 heteroatoms. The molecule has 0 saturated carbocycles. The molecule has 8 N–H and O–H groups in total. The predicted molar refractivity (Wildman–Crippen MR) is 239 cm³/mol. The van der Waals surface area contributed by atoms with Gasteiger partial charge in [-0.2, -0.15) is 18.7 Å². The number of aryl methyl sites for hydroxylation is 1. The Balaban J connectivity index is 0.000000366. The van der Waals surface area contributed by atoms with Crippen molar-refractivity contribution in [3.63, 3.8) is 0 Å². The molecule has 61 heavy (non-hydrogen) atoms. The second-order valence-corrected chi connectivity index (χ2v) is 15.3. The van der Waals surface area contributed by atoms with Gasteiger partial charge in [-0.1, -0.05) is 83.1 Å². The lowest BCUT2D eigenvalue weighted by molar-refractivity contribution is 0.473. The van der Waals surface area contributed by atoms with Crippen LogP contribution in [0.15, 0.2) is 67.5 Å². The lowest BCUT2D eigenvalue weighted by atomic mass is 10.1. The molecule has 0 radical (unpaired) electrons. The molecule has 0 aliphatic heterocycles. The highest BCUT2D eigenvalue weighted by molar-refractivity contribution is 5.36. The van der Waals surface area contributed by atoms with E-state index in [9.17, 15) is 8.78 Å². The fraction of sp³-hybridized carbons (Fsp3) is 0.442. The number of rotatable bonds is 6. The van der Waals surface area contributed by atoms with Crippen LogP contribution in [-0.4, -0.2) is 59.8 Å². The summed E-state index contributed by atoms with van der Waals surface area (Å²) in [7, 11) is 0. The number of hydrogen-bond donors (Lipinski definition) is 4. The van der Waals surface area contributed by atoms with E-state index in [1.165, 1.54) is 0 Å². The van der Waals surface area contributed by atoms with Crippen molar-refractivity contribution in [1.29, 1.82) is 0 Å². The van der Waals surface area contributed by atoms with Crippen LogP contribution < -0.4 is 22.9 Å². The van der Waals surface area contributed by atoms with Gasteiger partial charge < -0.3 is 22.9 Å². The van der Waals surface area contributed by atoms with Crippen LogP contribution in [0.5, 0.6) is 0 Å². The maximum Gasteiger partial charge on any atom is 0.311 e. The molecule has 0 aromatic carbocycles. The summed E-state index contributed by atoms with van der Waals surface area (Å²) in [6.07, 6.45) is 9.29. The second-order valence-electron chi connectivity index (χ2n) is 15.3. The average molecular weight is 843 g/mol. The Bertz CT molecular complexity index is 1920. The fourth-order valence-electron chi connectivity index (χ4n) is 4.24. The van der Waals surface area contributed by atoms with Gasteiger partial charge in [-0.3, -0.25) is 4.98 Å². The summed E-state index contributed by atoms with van der Waals surface area (Å²) >= 11 is 0. The van der Waals surface area contributed by atoms with E-state index in [-0.39, 0.29) is 11.9 Å². The van der Waals surface area contributed by atoms with Crippen LogP contribution in [0.1, 0.15) is 159 Å². The van der Waals surface area contributed by atoms with E-state index < -0.39 is 12.0 Å². The van der Waals surface area contributed by atoms with Crippen LogP contribution in [0.2, 0.25) is 0 Å². The first-order valence-electron chi connectivity index (χ1n) is 19.9. The summed E-state index contributed by atoms with van der Waals surface area (Å²) in [4.78, 5) is 46.4. The van der Waals surface area contributed by atoms with Gasteiger partial charge in [-0.25, -0.2) is 44.9 Å². The number of nitrogens with two attached hydrogens (primary N) is 4. The molecule has 0 aliphatic rings. The topological polar surface area (TPSA) is 259 Å². The van der Waals surface area contributed by atoms with E-state index in [0.29, 0.717) is 52.9 Å². The van der Waals surface area contributed by atoms with Gasteiger partial charge in [0.2, 0.25) is 17.8 Å². The summed E-state index contributed by atoms with van der Waals surface area (Å²) in [5, 5.41) is 0. The van der Waals surface area contributed by atoms with Gasteiger partial charge >= 0.3 is 6.08 Å². The van der Waals surface area contributed by atoms with Crippen molar-refractivity contribution in [2.45, 2.75) is 126 Å². The Morgan fingerprint density at radius 3 is 1.38 bits per heavy atom. The Kier molecular flexibility index (Phi) is 23.5. The maximum atomic E-state index is 12.4. The van der Waals surface area contributed by atoms with E-state index in [2.05, 4.69) is 115 Å². The molecule has 0 bridgehead atoms. The van der Waals surface area contributed by atoms with E-state index in [1.54, 1.807) is 57.1 Å². The highest BCUT2D eigenvalue weighted by atomic mass is 19.1. The predicted octanol–water partition coefficient (Wildman–Crippen LogP) is 8.52. The average Bonchev–Trinajstić information content (AvgIpc) is 3.19. The Morgan fingerprint density at radius 1 is 0.443 bits per heavy atom. The van der Waals surface area contributed by atoms with Crippen LogP contribution in [0.4, 0.5) is 32.3 Å². The smallest absolute Gasteiger partial charge is 0.311 e. The van der Waals surface area contributed by atoms with Crippen LogP contribution in [0, 0.1) is 18.9 Å². The summed E-state index contributed by atoms with van der Waals surface area (Å²) in [6.45, 7) is 26.3. The molecule has 0 atom stereocenters. The SMILES string of the molecule is CC(C)c1cc(F)nc(F)n1.CC(C)c1cc(N)nc(N)n1.CC(C)c1ccnc(N)n1.CC(C)c1cncc(N)n1.CC(C)c1ncccn1.Cc1ccnc(C(C)C)n1. The van der Waals surface area contributed by atoms with Crippen LogP contribution >= 0.6 is 0 Å². The van der Waals surface area contributed by atoms with Crippen molar-refractivity contribution in [3.8, 4) is 0 Å². The highest BCUT2D eigenvalue weighted by Crippen LogP contribution is 2.15. The zero-order valence-corrected chi connectivity index (χ0v) is 37.7. The normalized spacial score (nSPS) is 10.4. The number of nitrogen functional groups attached to an aromatic ring is 4. The molecule has 6 rings (SSSR count). The van der Waals surface area contributed by atoms with E-state index >= 15 is 0 Å². The van der Waals surface area contributed by atoms with Gasteiger partial charge in [0, 0.05) is 66.3 Å². The van der Waals surface area contributed by atoms with Crippen molar-refractivity contribution in [2.75, 3.05) is 22.9 Å². The standard InChI is InChI=1S/C8H12N2.C7H8F2N2.C7H12N4.2C7H11N3.C7H10N2/c1-6(2)8-9-5-4-7(3)10-8;2*1-4(2)5-3-6(8)11-7(9)10-5;1-5(2)6-3-9-4-7(8)10-6;1-5(2)6-3-4-9-7(8)10-6;1-6(2)7-8-4-3-5-9-7/h4-6H,1-3H3;3-4H,1-2H3;3-4H,1-2H3,(H4,8,9,10,11);3-5H,1-2H3,(H2,8,10);3-5H,1-2H3,(H2,8,9,10);3-6H,1-2H3. The van der Waals surface area contributed by atoms with Gasteiger partial charge in [0.25, 0.3) is 0 Å². The molecule has 0 spiro atoms.